The van der Waals surface area contributed by atoms with Crippen LogP contribution in [0.3, 0.4) is 0 Å². The van der Waals surface area contributed by atoms with Gasteiger partial charge in [0.2, 0.25) is 0 Å². The second-order valence-electron chi connectivity index (χ2n) is 6.18. The summed E-state index contributed by atoms with van der Waals surface area (Å²) >= 11 is 6.22. The lowest BCUT2D eigenvalue weighted by Crippen LogP contribution is -2.54. The average molecular weight is 314 g/mol. The first-order valence-electron chi connectivity index (χ1n) is 7.36. The van der Waals surface area contributed by atoms with E-state index in [1.165, 1.54) is 6.42 Å². The van der Waals surface area contributed by atoms with Crippen LogP contribution < -0.4 is 5.32 Å². The van der Waals surface area contributed by atoms with Gasteiger partial charge in [-0.2, -0.15) is 0 Å². The average Bonchev–Trinajstić information content (AvgIpc) is 2.41. The number of hydrogen-bond acceptors (Lipinski definition) is 2. The molecule has 0 aliphatic heterocycles. The molecule has 2 rings (SSSR count). The summed E-state index contributed by atoms with van der Waals surface area (Å²) in [6, 6.07) is 7.79. The molecule has 1 aromatic carbocycles. The van der Waals surface area contributed by atoms with E-state index in [9.17, 15) is 4.21 Å². The summed E-state index contributed by atoms with van der Waals surface area (Å²) in [5.74, 6) is 0. The minimum atomic E-state index is -1.05. The lowest BCUT2D eigenvalue weighted by Gasteiger charge is -2.44. The van der Waals surface area contributed by atoms with Gasteiger partial charge in [0.05, 0.1) is 26.0 Å². The van der Waals surface area contributed by atoms with E-state index in [1.54, 1.807) is 0 Å². The lowest BCUT2D eigenvalue weighted by atomic mass is 9.73. The Kier molecular flexibility index (Phi) is 5.27. The van der Waals surface area contributed by atoms with Crippen molar-refractivity contribution in [3.63, 3.8) is 0 Å². The first-order chi connectivity index (χ1) is 9.47. The van der Waals surface area contributed by atoms with Crippen molar-refractivity contribution < 1.29 is 4.21 Å². The highest BCUT2D eigenvalue weighted by molar-refractivity contribution is 7.85. The molecule has 20 heavy (non-hydrogen) atoms. The summed E-state index contributed by atoms with van der Waals surface area (Å²) in [4.78, 5) is 0.778. The summed E-state index contributed by atoms with van der Waals surface area (Å²) in [7, 11) is -1.05. The molecule has 1 aliphatic carbocycles. The molecule has 3 atom stereocenters. The maximum Gasteiger partial charge on any atom is 0.0592 e. The van der Waals surface area contributed by atoms with E-state index in [0.717, 1.165) is 24.3 Å². The fraction of sp³-hybridized carbons (Fsp3) is 0.625. The first-order valence-corrected chi connectivity index (χ1v) is 8.95. The zero-order valence-corrected chi connectivity index (χ0v) is 14.1. The Labute approximate surface area is 129 Å². The summed E-state index contributed by atoms with van der Waals surface area (Å²) < 4.78 is 13.0. The van der Waals surface area contributed by atoms with Crippen molar-refractivity contribution in [3.8, 4) is 0 Å². The Morgan fingerprint density at radius 1 is 1.40 bits per heavy atom. The van der Waals surface area contributed by atoms with Gasteiger partial charge in [-0.15, -0.1) is 0 Å². The van der Waals surface area contributed by atoms with Gasteiger partial charge < -0.3 is 5.32 Å². The largest absolute Gasteiger partial charge is 0.313 e. The third-order valence-electron chi connectivity index (χ3n) is 4.28. The van der Waals surface area contributed by atoms with Crippen LogP contribution in [-0.2, 0) is 10.8 Å². The maximum absolute atomic E-state index is 13.0. The van der Waals surface area contributed by atoms with Crippen LogP contribution in [0.1, 0.15) is 40.0 Å². The van der Waals surface area contributed by atoms with Crippen molar-refractivity contribution in [2.45, 2.75) is 56.2 Å². The molecule has 0 bridgehead atoms. The normalized spacial score (nSPS) is 27.2. The molecule has 1 fully saturated rings. The molecule has 2 nitrogen and oxygen atoms in total. The van der Waals surface area contributed by atoms with E-state index in [2.05, 4.69) is 26.1 Å². The molecule has 1 aromatic rings. The van der Waals surface area contributed by atoms with Crippen molar-refractivity contribution in [2.75, 3.05) is 6.54 Å². The fourth-order valence-corrected chi connectivity index (χ4v) is 5.47. The van der Waals surface area contributed by atoms with Gasteiger partial charge in [-0.3, -0.25) is 4.21 Å². The number of halogens is 1. The van der Waals surface area contributed by atoms with E-state index in [1.807, 2.05) is 24.3 Å². The quantitative estimate of drug-likeness (QED) is 0.910. The van der Waals surface area contributed by atoms with E-state index in [-0.39, 0.29) is 16.7 Å². The molecule has 112 valence electrons. The highest BCUT2D eigenvalue weighted by Gasteiger charge is 2.41. The zero-order valence-electron chi connectivity index (χ0n) is 12.5. The molecule has 0 amide bonds. The van der Waals surface area contributed by atoms with Gasteiger partial charge in [0.1, 0.15) is 0 Å². The Bertz CT molecular complexity index is 489. The highest BCUT2D eigenvalue weighted by atomic mass is 35.5. The summed E-state index contributed by atoms with van der Waals surface area (Å²) in [6.07, 6.45) is 3.32. The summed E-state index contributed by atoms with van der Waals surface area (Å²) in [5.41, 5.74) is 0.176. The molecular formula is C16H24ClNOS. The van der Waals surface area contributed by atoms with E-state index >= 15 is 0 Å². The number of hydrogen-bond donors (Lipinski definition) is 1. The van der Waals surface area contributed by atoms with Crippen LogP contribution >= 0.6 is 11.6 Å². The van der Waals surface area contributed by atoms with Crippen molar-refractivity contribution in [3.05, 3.63) is 29.3 Å². The molecule has 0 radical (unpaired) electrons. The standard InChI is InChI=1S/C16H24ClNOS/c1-4-18-15-14(10-7-11-16(15,2)3)20(19)13-9-6-5-8-12(13)17/h5-6,8-9,14-15,18H,4,7,10-11H2,1-3H3. The molecule has 4 heteroatoms. The monoisotopic (exact) mass is 313 g/mol. The third-order valence-corrected chi connectivity index (χ3v) is 6.56. The predicted octanol–water partition coefficient (Wildman–Crippen LogP) is 4.00. The van der Waals surface area contributed by atoms with E-state index < -0.39 is 10.8 Å². The van der Waals surface area contributed by atoms with E-state index in [4.69, 9.17) is 11.6 Å². The maximum atomic E-state index is 13.0. The molecular weight excluding hydrogens is 290 g/mol. The second-order valence-corrected chi connectivity index (χ2v) is 8.23. The molecule has 0 aromatic heterocycles. The third kappa shape index (κ3) is 3.26. The zero-order chi connectivity index (χ0) is 14.8. The molecule has 3 unspecified atom stereocenters. The van der Waals surface area contributed by atoms with Gasteiger partial charge in [-0.05, 0) is 36.9 Å². The Morgan fingerprint density at radius 2 is 2.10 bits per heavy atom. The van der Waals surface area contributed by atoms with Crippen molar-refractivity contribution in [1.82, 2.24) is 5.32 Å². The molecule has 0 spiro atoms. The van der Waals surface area contributed by atoms with Crippen molar-refractivity contribution >= 4 is 22.4 Å². The van der Waals surface area contributed by atoms with Gasteiger partial charge >= 0.3 is 0 Å². The molecule has 1 saturated carbocycles. The Balaban J connectivity index is 2.29. The topological polar surface area (TPSA) is 29.1 Å². The van der Waals surface area contributed by atoms with E-state index in [0.29, 0.717) is 5.02 Å². The Hall–Kier alpha value is -0.380. The van der Waals surface area contributed by atoms with Crippen LogP contribution in [0, 0.1) is 5.41 Å². The van der Waals surface area contributed by atoms with Gasteiger partial charge in [-0.25, -0.2) is 0 Å². The molecule has 1 N–H and O–H groups in total. The van der Waals surface area contributed by atoms with Crippen molar-refractivity contribution in [1.29, 1.82) is 0 Å². The summed E-state index contributed by atoms with van der Waals surface area (Å²) in [6.45, 7) is 7.57. The highest BCUT2D eigenvalue weighted by Crippen LogP contribution is 2.39. The van der Waals surface area contributed by atoms with Gasteiger partial charge in [0, 0.05) is 6.04 Å². The number of nitrogens with one attached hydrogen (secondary N) is 1. The van der Waals surface area contributed by atoms with Gasteiger partial charge in [0.25, 0.3) is 0 Å². The first kappa shape index (κ1) is 16.0. The van der Waals surface area contributed by atoms with Crippen LogP contribution in [0.25, 0.3) is 0 Å². The minimum Gasteiger partial charge on any atom is -0.313 e. The number of rotatable bonds is 4. The van der Waals surface area contributed by atoms with Crippen LogP contribution in [0.2, 0.25) is 5.02 Å². The summed E-state index contributed by atoms with van der Waals surface area (Å²) in [5, 5.41) is 4.31. The van der Waals surface area contributed by atoms with Crippen LogP contribution in [0.15, 0.2) is 29.2 Å². The van der Waals surface area contributed by atoms with Gasteiger partial charge in [-0.1, -0.05) is 50.9 Å². The van der Waals surface area contributed by atoms with Crippen LogP contribution in [-0.4, -0.2) is 22.0 Å². The smallest absolute Gasteiger partial charge is 0.0592 e. The van der Waals surface area contributed by atoms with Gasteiger partial charge in [0.15, 0.2) is 0 Å². The predicted molar refractivity (Wildman–Crippen MR) is 86.7 cm³/mol. The molecule has 0 heterocycles. The fourth-order valence-electron chi connectivity index (χ4n) is 3.21. The lowest BCUT2D eigenvalue weighted by molar-refractivity contribution is 0.174. The second kappa shape index (κ2) is 6.59. The van der Waals surface area contributed by atoms with Crippen molar-refractivity contribution in [2.24, 2.45) is 5.41 Å². The SMILES string of the molecule is CCNC1C(S(=O)c2ccccc2Cl)CCCC1(C)C. The molecule has 1 aliphatic rings. The molecule has 0 saturated heterocycles. The number of benzene rings is 1. The van der Waals surface area contributed by atoms with Crippen LogP contribution in [0.5, 0.6) is 0 Å². The Morgan fingerprint density at radius 3 is 2.75 bits per heavy atom. The minimum absolute atomic E-state index is 0.138. The van der Waals surface area contributed by atoms with Crippen LogP contribution in [0.4, 0.5) is 0 Å².